The average Bonchev–Trinajstić information content (AvgIpc) is 2.48. The molecule has 2 N–H and O–H groups in total. The summed E-state index contributed by atoms with van der Waals surface area (Å²) in [5.74, 6) is 0. The zero-order valence-electron chi connectivity index (χ0n) is 11.2. The molecule has 0 spiro atoms. The third kappa shape index (κ3) is 4.30. The molecule has 0 unspecified atom stereocenters. The monoisotopic (exact) mass is 355 g/mol. The van der Waals surface area contributed by atoms with Crippen LogP contribution in [0.5, 0.6) is 0 Å². The Bertz CT molecular complexity index is 725. The number of halogens is 2. The maximum atomic E-state index is 10.8. The van der Waals surface area contributed by atoms with Gasteiger partial charge in [-0.2, -0.15) is 0 Å². The molecule has 2 aromatic carbocycles. The maximum absolute atomic E-state index is 10.8. The smallest absolute Gasteiger partial charge is 0.271 e. The number of anilines is 1. The summed E-state index contributed by atoms with van der Waals surface area (Å²) in [7, 11) is 0. The topological polar surface area (TPSA) is 67.2 Å². The first-order valence-electron chi connectivity index (χ1n) is 6.19. The first kappa shape index (κ1) is 16.5. The number of hydrogen-bond donors (Lipinski definition) is 2. The molecule has 0 saturated heterocycles. The lowest BCUT2D eigenvalue weighted by Crippen LogP contribution is -2.28. The van der Waals surface area contributed by atoms with Crippen molar-refractivity contribution in [3.05, 3.63) is 68.2 Å². The second-order valence-electron chi connectivity index (χ2n) is 4.32. The summed E-state index contributed by atoms with van der Waals surface area (Å²) in [6.07, 6.45) is 0. The van der Waals surface area contributed by atoms with Crippen LogP contribution < -0.4 is 10.6 Å². The van der Waals surface area contributed by atoms with Gasteiger partial charge in [0.05, 0.1) is 15.6 Å². The van der Waals surface area contributed by atoms with E-state index >= 15 is 0 Å². The number of benzene rings is 2. The quantitative estimate of drug-likeness (QED) is 0.483. The van der Waals surface area contributed by atoms with Crippen LogP contribution in [0.2, 0.25) is 10.0 Å². The van der Waals surface area contributed by atoms with Crippen molar-refractivity contribution >= 4 is 51.9 Å². The van der Waals surface area contributed by atoms with Gasteiger partial charge < -0.3 is 10.6 Å². The lowest BCUT2D eigenvalue weighted by atomic mass is 10.2. The van der Waals surface area contributed by atoms with Crippen molar-refractivity contribution in [3.63, 3.8) is 0 Å². The third-order valence-electron chi connectivity index (χ3n) is 2.81. The number of nitrogens with zero attached hydrogens (tertiary/aromatic N) is 1. The zero-order valence-corrected chi connectivity index (χ0v) is 13.5. The molecule has 0 saturated carbocycles. The number of hydrogen-bond acceptors (Lipinski definition) is 3. The maximum Gasteiger partial charge on any atom is 0.271 e. The highest BCUT2D eigenvalue weighted by molar-refractivity contribution is 7.80. The normalized spacial score (nSPS) is 10.1. The minimum absolute atomic E-state index is 0.0687. The molecule has 0 fully saturated rings. The van der Waals surface area contributed by atoms with Crippen LogP contribution in [0.1, 0.15) is 5.56 Å². The van der Waals surface area contributed by atoms with Crippen molar-refractivity contribution in [1.82, 2.24) is 5.32 Å². The molecule has 2 aromatic rings. The van der Waals surface area contributed by atoms with Gasteiger partial charge in [-0.05, 0) is 29.9 Å². The Balaban J connectivity index is 2.02. The molecular weight excluding hydrogens is 345 g/mol. The average molecular weight is 356 g/mol. The Morgan fingerprint density at radius 1 is 1.18 bits per heavy atom. The van der Waals surface area contributed by atoms with Crippen molar-refractivity contribution in [2.45, 2.75) is 6.54 Å². The Morgan fingerprint density at radius 3 is 2.59 bits per heavy atom. The summed E-state index contributed by atoms with van der Waals surface area (Å²) in [4.78, 5) is 10.3. The summed E-state index contributed by atoms with van der Waals surface area (Å²) in [6.45, 7) is 0.429. The van der Waals surface area contributed by atoms with E-state index in [1.807, 2.05) is 18.2 Å². The summed E-state index contributed by atoms with van der Waals surface area (Å²) < 4.78 is 0. The number of nitro benzene ring substituents is 1. The minimum atomic E-state index is -0.498. The van der Waals surface area contributed by atoms with E-state index in [-0.39, 0.29) is 5.69 Å². The fourth-order valence-electron chi connectivity index (χ4n) is 1.71. The molecular formula is C14H11Cl2N3O2S. The Labute approximate surface area is 142 Å². The molecule has 114 valence electrons. The second kappa shape index (κ2) is 7.40. The molecule has 0 aliphatic heterocycles. The predicted octanol–water partition coefficient (Wildman–Crippen LogP) is 4.39. The highest BCUT2D eigenvalue weighted by Gasteiger charge is 2.10. The van der Waals surface area contributed by atoms with Crippen LogP contribution in [0, 0.1) is 10.1 Å². The molecule has 0 bridgehead atoms. The number of thiocarbonyl (C=S) groups is 1. The van der Waals surface area contributed by atoms with Gasteiger partial charge in [0.1, 0.15) is 0 Å². The predicted molar refractivity (Wildman–Crippen MR) is 92.6 cm³/mol. The van der Waals surface area contributed by atoms with Crippen molar-refractivity contribution in [2.24, 2.45) is 0 Å². The molecule has 22 heavy (non-hydrogen) atoms. The fraction of sp³-hybridized carbons (Fsp3) is 0.0714. The molecule has 0 aliphatic rings. The van der Waals surface area contributed by atoms with E-state index in [9.17, 15) is 10.1 Å². The van der Waals surface area contributed by atoms with Gasteiger partial charge in [0.2, 0.25) is 0 Å². The number of nitro groups is 1. The van der Waals surface area contributed by atoms with E-state index in [2.05, 4.69) is 10.6 Å². The largest absolute Gasteiger partial charge is 0.358 e. The molecule has 0 radical (unpaired) electrons. The van der Waals surface area contributed by atoms with E-state index in [0.29, 0.717) is 27.4 Å². The van der Waals surface area contributed by atoms with Gasteiger partial charge in [-0.1, -0.05) is 41.4 Å². The molecule has 0 amide bonds. The highest BCUT2D eigenvalue weighted by atomic mass is 35.5. The van der Waals surface area contributed by atoms with E-state index < -0.39 is 4.92 Å². The Kier molecular flexibility index (Phi) is 5.54. The van der Waals surface area contributed by atoms with Crippen LogP contribution in [0.15, 0.2) is 42.5 Å². The minimum Gasteiger partial charge on any atom is -0.358 e. The third-order valence-corrected chi connectivity index (χ3v) is 3.75. The van der Waals surface area contributed by atoms with E-state index in [1.165, 1.54) is 18.2 Å². The van der Waals surface area contributed by atoms with Gasteiger partial charge in [0.25, 0.3) is 5.69 Å². The van der Waals surface area contributed by atoms with Gasteiger partial charge in [-0.3, -0.25) is 10.1 Å². The van der Waals surface area contributed by atoms with Crippen LogP contribution >= 0.6 is 35.4 Å². The molecule has 5 nitrogen and oxygen atoms in total. The SMILES string of the molecule is O=[N+]([O-])c1ccc(Cl)c(NC(=S)NCc2ccccc2Cl)c1. The van der Waals surface area contributed by atoms with Crippen molar-refractivity contribution in [1.29, 1.82) is 0 Å². The Hall–Kier alpha value is -1.89. The van der Waals surface area contributed by atoms with Gasteiger partial charge >= 0.3 is 0 Å². The van der Waals surface area contributed by atoms with Crippen LogP contribution in [0.3, 0.4) is 0 Å². The van der Waals surface area contributed by atoms with Gasteiger partial charge in [-0.15, -0.1) is 0 Å². The van der Waals surface area contributed by atoms with E-state index in [4.69, 9.17) is 35.4 Å². The van der Waals surface area contributed by atoms with Gasteiger partial charge in [-0.25, -0.2) is 0 Å². The van der Waals surface area contributed by atoms with Crippen LogP contribution in [0.25, 0.3) is 0 Å². The summed E-state index contributed by atoms with van der Waals surface area (Å²) in [5.41, 5.74) is 1.19. The van der Waals surface area contributed by atoms with Crippen LogP contribution in [-0.2, 0) is 6.54 Å². The van der Waals surface area contributed by atoms with E-state index in [1.54, 1.807) is 6.07 Å². The lowest BCUT2D eigenvalue weighted by molar-refractivity contribution is -0.384. The van der Waals surface area contributed by atoms with Gasteiger partial charge in [0.15, 0.2) is 5.11 Å². The lowest BCUT2D eigenvalue weighted by Gasteiger charge is -2.12. The first-order valence-corrected chi connectivity index (χ1v) is 7.36. The molecule has 8 heteroatoms. The highest BCUT2D eigenvalue weighted by Crippen LogP contribution is 2.26. The molecule has 0 heterocycles. The van der Waals surface area contributed by atoms with Crippen LogP contribution in [0.4, 0.5) is 11.4 Å². The zero-order chi connectivity index (χ0) is 16.1. The molecule has 0 atom stereocenters. The molecule has 0 aliphatic carbocycles. The standard InChI is InChI=1S/C14H11Cl2N3O2S/c15-11-4-2-1-3-9(11)8-17-14(22)18-13-7-10(19(20)21)5-6-12(13)16/h1-7H,8H2,(H2,17,18,22). The Morgan fingerprint density at radius 2 is 1.91 bits per heavy atom. The molecule has 2 rings (SSSR count). The van der Waals surface area contributed by atoms with Crippen molar-refractivity contribution in [2.75, 3.05) is 5.32 Å². The molecule has 0 aromatic heterocycles. The van der Waals surface area contributed by atoms with E-state index in [0.717, 1.165) is 5.56 Å². The first-order chi connectivity index (χ1) is 10.5. The number of non-ortho nitro benzene ring substituents is 1. The van der Waals surface area contributed by atoms with Crippen molar-refractivity contribution in [3.8, 4) is 0 Å². The summed E-state index contributed by atoms with van der Waals surface area (Å²) >= 11 is 17.2. The van der Waals surface area contributed by atoms with Crippen molar-refractivity contribution < 1.29 is 4.92 Å². The van der Waals surface area contributed by atoms with Gasteiger partial charge in [0, 0.05) is 23.7 Å². The second-order valence-corrected chi connectivity index (χ2v) is 5.54. The van der Waals surface area contributed by atoms with Crippen LogP contribution in [-0.4, -0.2) is 10.0 Å². The summed E-state index contributed by atoms with van der Waals surface area (Å²) in [5, 5.41) is 17.8. The number of rotatable bonds is 4. The number of nitrogens with one attached hydrogen (secondary N) is 2. The summed E-state index contributed by atoms with van der Waals surface area (Å²) in [6, 6.07) is 11.5. The fourth-order valence-corrected chi connectivity index (χ4v) is 2.26.